The number of benzene rings is 1. The fourth-order valence-electron chi connectivity index (χ4n) is 3.04. The van der Waals surface area contributed by atoms with Gasteiger partial charge in [0.1, 0.15) is 6.54 Å². The number of aryl methyl sites for hydroxylation is 1. The largest absolute Gasteiger partial charge is 0.480 e. The molecule has 0 amide bonds. The monoisotopic (exact) mass is 261 g/mol. The fraction of sp³-hybridized carbons (Fsp3) is 0.562. The normalized spacial score (nSPS) is 23.1. The van der Waals surface area contributed by atoms with Crippen molar-refractivity contribution in [2.75, 3.05) is 11.4 Å². The molecule has 0 bridgehead atoms. The lowest BCUT2D eigenvalue weighted by molar-refractivity contribution is -0.135. The molecule has 1 aromatic rings. The lowest BCUT2D eigenvalue weighted by Crippen LogP contribution is -2.44. The summed E-state index contributed by atoms with van der Waals surface area (Å²) in [6.45, 7) is 4.39. The summed E-state index contributed by atoms with van der Waals surface area (Å²) in [5.41, 5.74) is 2.24. The maximum Gasteiger partial charge on any atom is 0.323 e. The molecule has 19 heavy (non-hydrogen) atoms. The van der Waals surface area contributed by atoms with E-state index in [0.29, 0.717) is 12.0 Å². The Bertz CT molecular complexity index is 427. The van der Waals surface area contributed by atoms with Crippen molar-refractivity contribution < 1.29 is 9.90 Å². The van der Waals surface area contributed by atoms with E-state index in [0.717, 1.165) is 12.1 Å². The highest BCUT2D eigenvalue weighted by atomic mass is 16.4. The topological polar surface area (TPSA) is 40.5 Å². The quantitative estimate of drug-likeness (QED) is 0.902. The summed E-state index contributed by atoms with van der Waals surface area (Å²) in [6, 6.07) is 8.54. The lowest BCUT2D eigenvalue weighted by Gasteiger charge is -2.39. The van der Waals surface area contributed by atoms with E-state index in [1.165, 1.54) is 24.8 Å². The second-order valence-electron chi connectivity index (χ2n) is 5.69. The van der Waals surface area contributed by atoms with Crippen molar-refractivity contribution in [1.82, 2.24) is 0 Å². The third-order valence-electron chi connectivity index (χ3n) is 4.14. The maximum atomic E-state index is 11.2. The number of hydrogen-bond acceptors (Lipinski definition) is 2. The number of nitrogens with zero attached hydrogens (tertiary/aromatic N) is 1. The van der Waals surface area contributed by atoms with Crippen LogP contribution in [0.4, 0.5) is 5.69 Å². The SMILES string of the molecule is Cc1ccc(N(CC(=O)O)C2CCCCC2C)cc1. The predicted octanol–water partition coefficient (Wildman–Crippen LogP) is 3.46. The second kappa shape index (κ2) is 6.09. The van der Waals surface area contributed by atoms with Crippen molar-refractivity contribution in [2.24, 2.45) is 5.92 Å². The predicted molar refractivity (Wildman–Crippen MR) is 77.6 cm³/mol. The smallest absolute Gasteiger partial charge is 0.323 e. The molecule has 0 aromatic heterocycles. The van der Waals surface area contributed by atoms with Crippen molar-refractivity contribution >= 4 is 11.7 Å². The average molecular weight is 261 g/mol. The van der Waals surface area contributed by atoms with E-state index in [9.17, 15) is 9.90 Å². The summed E-state index contributed by atoms with van der Waals surface area (Å²) in [6.07, 6.45) is 4.78. The van der Waals surface area contributed by atoms with Crippen LogP contribution < -0.4 is 4.90 Å². The van der Waals surface area contributed by atoms with Crippen molar-refractivity contribution in [3.63, 3.8) is 0 Å². The van der Waals surface area contributed by atoms with Crippen LogP contribution in [0.15, 0.2) is 24.3 Å². The minimum absolute atomic E-state index is 0.0953. The van der Waals surface area contributed by atoms with E-state index in [-0.39, 0.29) is 6.54 Å². The molecule has 3 nitrogen and oxygen atoms in total. The molecular weight excluding hydrogens is 238 g/mol. The summed E-state index contributed by atoms with van der Waals surface area (Å²) in [5, 5.41) is 9.18. The van der Waals surface area contributed by atoms with E-state index >= 15 is 0 Å². The molecule has 3 heteroatoms. The van der Waals surface area contributed by atoms with Crippen molar-refractivity contribution in [3.8, 4) is 0 Å². The zero-order chi connectivity index (χ0) is 13.8. The molecule has 104 valence electrons. The molecule has 1 aromatic carbocycles. The van der Waals surface area contributed by atoms with Gasteiger partial charge in [-0.2, -0.15) is 0 Å². The summed E-state index contributed by atoms with van der Waals surface area (Å²) < 4.78 is 0. The van der Waals surface area contributed by atoms with Gasteiger partial charge in [-0.05, 0) is 37.8 Å². The van der Waals surface area contributed by atoms with Gasteiger partial charge < -0.3 is 10.0 Å². The Morgan fingerprint density at radius 3 is 2.47 bits per heavy atom. The lowest BCUT2D eigenvalue weighted by atomic mass is 9.84. The van der Waals surface area contributed by atoms with Crippen LogP contribution in [0.3, 0.4) is 0 Å². The van der Waals surface area contributed by atoms with E-state index in [1.807, 2.05) is 12.1 Å². The Morgan fingerprint density at radius 2 is 1.89 bits per heavy atom. The third kappa shape index (κ3) is 3.49. The van der Waals surface area contributed by atoms with Crippen molar-refractivity contribution in [3.05, 3.63) is 29.8 Å². The second-order valence-corrected chi connectivity index (χ2v) is 5.69. The van der Waals surface area contributed by atoms with Crippen LogP contribution in [0.25, 0.3) is 0 Å². The van der Waals surface area contributed by atoms with Gasteiger partial charge in [-0.3, -0.25) is 4.79 Å². The minimum atomic E-state index is -0.752. The van der Waals surface area contributed by atoms with Gasteiger partial charge >= 0.3 is 5.97 Å². The first-order chi connectivity index (χ1) is 9.08. The highest BCUT2D eigenvalue weighted by Gasteiger charge is 2.28. The van der Waals surface area contributed by atoms with E-state index in [2.05, 4.69) is 30.9 Å². The van der Waals surface area contributed by atoms with Gasteiger partial charge in [-0.15, -0.1) is 0 Å². The van der Waals surface area contributed by atoms with E-state index in [1.54, 1.807) is 0 Å². The Hall–Kier alpha value is -1.51. The standard InChI is InChI=1S/C16H23NO2/c1-12-7-9-14(10-8-12)17(11-16(18)19)15-6-4-3-5-13(15)2/h7-10,13,15H,3-6,11H2,1-2H3,(H,18,19). The van der Waals surface area contributed by atoms with Gasteiger partial charge in [0.05, 0.1) is 0 Å². The van der Waals surface area contributed by atoms with Gasteiger partial charge in [0.25, 0.3) is 0 Å². The summed E-state index contributed by atoms with van der Waals surface area (Å²) in [7, 11) is 0. The van der Waals surface area contributed by atoms with Gasteiger partial charge in [-0.25, -0.2) is 0 Å². The highest BCUT2D eigenvalue weighted by Crippen LogP contribution is 2.31. The van der Waals surface area contributed by atoms with Gasteiger partial charge in [0.15, 0.2) is 0 Å². The van der Waals surface area contributed by atoms with Crippen LogP contribution in [-0.2, 0) is 4.79 Å². The number of aliphatic carboxylic acids is 1. The molecule has 2 unspecified atom stereocenters. The molecule has 1 fully saturated rings. The van der Waals surface area contributed by atoms with Crippen LogP contribution >= 0.6 is 0 Å². The number of carboxylic acids is 1. The molecule has 1 saturated carbocycles. The van der Waals surface area contributed by atoms with Gasteiger partial charge in [-0.1, -0.05) is 37.5 Å². The first-order valence-electron chi connectivity index (χ1n) is 7.13. The zero-order valence-corrected chi connectivity index (χ0v) is 11.8. The molecular formula is C16H23NO2. The first kappa shape index (κ1) is 13.9. The molecule has 2 rings (SSSR count). The van der Waals surface area contributed by atoms with Crippen molar-refractivity contribution in [1.29, 1.82) is 0 Å². The summed E-state index contributed by atoms with van der Waals surface area (Å²) >= 11 is 0. The van der Waals surface area contributed by atoms with Crippen molar-refractivity contribution in [2.45, 2.75) is 45.6 Å². The molecule has 1 aliphatic carbocycles. The van der Waals surface area contributed by atoms with Gasteiger partial charge in [0, 0.05) is 11.7 Å². The number of anilines is 1. The molecule has 0 aliphatic heterocycles. The highest BCUT2D eigenvalue weighted by molar-refractivity contribution is 5.74. The molecule has 1 N–H and O–H groups in total. The van der Waals surface area contributed by atoms with Crippen LogP contribution in [0.5, 0.6) is 0 Å². The van der Waals surface area contributed by atoms with Gasteiger partial charge in [0.2, 0.25) is 0 Å². The molecule has 2 atom stereocenters. The molecule has 0 heterocycles. The third-order valence-corrected chi connectivity index (χ3v) is 4.14. The van der Waals surface area contributed by atoms with E-state index in [4.69, 9.17) is 0 Å². The number of carbonyl (C=O) groups is 1. The van der Waals surface area contributed by atoms with Crippen LogP contribution in [0.2, 0.25) is 0 Å². The van der Waals surface area contributed by atoms with Crippen LogP contribution in [0.1, 0.15) is 38.2 Å². The fourth-order valence-corrected chi connectivity index (χ4v) is 3.04. The Labute approximate surface area is 115 Å². The maximum absolute atomic E-state index is 11.2. The Balaban J connectivity index is 2.24. The summed E-state index contributed by atoms with van der Waals surface area (Å²) in [4.78, 5) is 13.2. The molecule has 0 spiro atoms. The summed E-state index contributed by atoms with van der Waals surface area (Å²) in [5.74, 6) is -0.187. The number of hydrogen-bond donors (Lipinski definition) is 1. The zero-order valence-electron chi connectivity index (χ0n) is 11.8. The molecule has 1 aliphatic rings. The molecule has 0 saturated heterocycles. The Morgan fingerprint density at radius 1 is 1.26 bits per heavy atom. The number of rotatable bonds is 4. The number of carboxylic acid groups (broad SMARTS) is 1. The Kier molecular flexibility index (Phi) is 4.46. The minimum Gasteiger partial charge on any atom is -0.480 e. The van der Waals surface area contributed by atoms with E-state index < -0.39 is 5.97 Å². The first-order valence-corrected chi connectivity index (χ1v) is 7.13. The van der Waals surface area contributed by atoms with Crippen LogP contribution in [-0.4, -0.2) is 23.7 Å². The average Bonchev–Trinajstić information content (AvgIpc) is 2.38. The molecule has 0 radical (unpaired) electrons. The van der Waals surface area contributed by atoms with Crippen LogP contribution in [0, 0.1) is 12.8 Å².